The molecule has 0 spiro atoms. The first-order chi connectivity index (χ1) is 10.7. The van der Waals surface area contributed by atoms with Crippen molar-refractivity contribution in [1.82, 2.24) is 10.4 Å². The van der Waals surface area contributed by atoms with Gasteiger partial charge in [-0.15, -0.1) is 0 Å². The van der Waals surface area contributed by atoms with E-state index in [0.717, 1.165) is 26.5 Å². The van der Waals surface area contributed by atoms with Gasteiger partial charge < -0.3 is 4.98 Å². The number of rotatable bonds is 4. The zero-order chi connectivity index (χ0) is 15.4. The maximum Gasteiger partial charge on any atom is 0.244 e. The molecule has 4 nitrogen and oxygen atoms in total. The number of carbonyl (C=O) groups is 1. The molecule has 22 heavy (non-hydrogen) atoms. The summed E-state index contributed by atoms with van der Waals surface area (Å²) >= 11 is 3.37. The number of para-hydroxylation sites is 1. The van der Waals surface area contributed by atoms with Crippen molar-refractivity contribution in [3.8, 4) is 0 Å². The van der Waals surface area contributed by atoms with Crippen molar-refractivity contribution in [3.63, 3.8) is 0 Å². The van der Waals surface area contributed by atoms with Crippen LogP contribution in [0.3, 0.4) is 0 Å². The molecule has 0 fully saturated rings. The smallest absolute Gasteiger partial charge is 0.244 e. The molecule has 3 rings (SSSR count). The lowest BCUT2D eigenvalue weighted by Gasteiger charge is -2.00. The second-order valence-electron chi connectivity index (χ2n) is 4.89. The highest BCUT2D eigenvalue weighted by molar-refractivity contribution is 9.10. The highest BCUT2D eigenvalue weighted by Gasteiger charge is 2.03. The molecule has 0 saturated heterocycles. The van der Waals surface area contributed by atoms with Crippen LogP contribution in [0.5, 0.6) is 0 Å². The number of H-pyrrole nitrogens is 1. The van der Waals surface area contributed by atoms with E-state index < -0.39 is 0 Å². The fourth-order valence-corrected chi connectivity index (χ4v) is 2.47. The number of carbonyl (C=O) groups excluding carboxylic acids is 1. The highest BCUT2D eigenvalue weighted by Crippen LogP contribution is 2.15. The summed E-state index contributed by atoms with van der Waals surface area (Å²) in [7, 11) is 0. The van der Waals surface area contributed by atoms with Gasteiger partial charge in [-0.2, -0.15) is 5.10 Å². The fourth-order valence-electron chi connectivity index (χ4n) is 2.20. The van der Waals surface area contributed by atoms with Gasteiger partial charge in [0.05, 0.1) is 12.6 Å². The Morgan fingerprint density at radius 3 is 2.77 bits per heavy atom. The fraction of sp³-hybridized carbons (Fsp3) is 0.0588. The van der Waals surface area contributed by atoms with Crippen LogP contribution < -0.4 is 5.43 Å². The van der Waals surface area contributed by atoms with E-state index in [1.54, 1.807) is 6.21 Å². The van der Waals surface area contributed by atoms with Crippen molar-refractivity contribution in [1.29, 1.82) is 0 Å². The molecule has 0 aliphatic rings. The van der Waals surface area contributed by atoms with Gasteiger partial charge >= 0.3 is 0 Å². The zero-order valence-electron chi connectivity index (χ0n) is 11.7. The summed E-state index contributed by atoms with van der Waals surface area (Å²) in [6.07, 6.45) is 3.83. The summed E-state index contributed by atoms with van der Waals surface area (Å²) in [5, 5.41) is 5.10. The van der Waals surface area contributed by atoms with Gasteiger partial charge in [-0.05, 0) is 23.8 Å². The molecule has 0 unspecified atom stereocenters. The Morgan fingerprint density at radius 1 is 1.18 bits per heavy atom. The van der Waals surface area contributed by atoms with E-state index >= 15 is 0 Å². The standard InChI is InChI=1S/C17H14BrN3O/c18-14-7-5-12(6-8-14)9-17(22)21-20-11-13-10-19-16-4-2-1-3-15(13)16/h1-8,10-11,19H,9H2,(H,21,22)/b20-11+. The minimum Gasteiger partial charge on any atom is -0.361 e. The van der Waals surface area contributed by atoms with Crippen molar-refractivity contribution in [2.45, 2.75) is 6.42 Å². The van der Waals surface area contributed by atoms with E-state index in [2.05, 4.69) is 31.4 Å². The van der Waals surface area contributed by atoms with Crippen LogP contribution in [0.15, 0.2) is 64.3 Å². The second kappa shape index (κ2) is 6.58. The molecule has 0 radical (unpaired) electrons. The van der Waals surface area contributed by atoms with Gasteiger partial charge in [0, 0.05) is 27.1 Å². The predicted octanol–water partition coefficient (Wildman–Crippen LogP) is 3.62. The topological polar surface area (TPSA) is 57.2 Å². The number of nitrogens with one attached hydrogen (secondary N) is 2. The first kappa shape index (κ1) is 14.5. The quantitative estimate of drug-likeness (QED) is 0.544. The number of aromatic nitrogens is 1. The third-order valence-electron chi connectivity index (χ3n) is 3.29. The van der Waals surface area contributed by atoms with E-state index in [4.69, 9.17) is 0 Å². The summed E-state index contributed by atoms with van der Waals surface area (Å²) in [5.74, 6) is -0.140. The normalized spacial score (nSPS) is 11.1. The van der Waals surface area contributed by atoms with Crippen LogP contribution in [0.4, 0.5) is 0 Å². The minimum absolute atomic E-state index is 0.140. The number of hydrazone groups is 1. The van der Waals surface area contributed by atoms with E-state index in [-0.39, 0.29) is 5.91 Å². The molecule has 1 amide bonds. The number of nitrogens with zero attached hydrogens (tertiary/aromatic N) is 1. The first-order valence-electron chi connectivity index (χ1n) is 6.85. The molecule has 0 atom stereocenters. The van der Waals surface area contributed by atoms with Gasteiger partial charge in [-0.3, -0.25) is 4.79 Å². The molecule has 0 aliphatic carbocycles. The lowest BCUT2D eigenvalue weighted by atomic mass is 10.1. The predicted molar refractivity (Wildman–Crippen MR) is 91.9 cm³/mol. The summed E-state index contributed by atoms with van der Waals surface area (Å²) in [5.41, 5.74) is 5.49. The van der Waals surface area contributed by atoms with E-state index in [9.17, 15) is 4.79 Å². The number of halogens is 1. The van der Waals surface area contributed by atoms with E-state index in [1.165, 1.54) is 0 Å². The molecule has 5 heteroatoms. The number of hydrogen-bond donors (Lipinski definition) is 2. The average molecular weight is 356 g/mol. The number of aromatic amines is 1. The molecule has 110 valence electrons. The van der Waals surface area contributed by atoms with Crippen LogP contribution in [-0.2, 0) is 11.2 Å². The van der Waals surface area contributed by atoms with Gasteiger partial charge in [0.25, 0.3) is 0 Å². The van der Waals surface area contributed by atoms with Crippen LogP contribution in [0.25, 0.3) is 10.9 Å². The monoisotopic (exact) mass is 355 g/mol. The maximum atomic E-state index is 11.8. The molecule has 0 aliphatic heterocycles. The van der Waals surface area contributed by atoms with Crippen molar-refractivity contribution in [3.05, 3.63) is 70.3 Å². The van der Waals surface area contributed by atoms with E-state index in [0.29, 0.717) is 6.42 Å². The highest BCUT2D eigenvalue weighted by atomic mass is 79.9. The molecule has 2 N–H and O–H groups in total. The summed E-state index contributed by atoms with van der Waals surface area (Å²) in [6.45, 7) is 0. The Bertz CT molecular complexity index is 821. The minimum atomic E-state index is -0.140. The Labute approximate surface area is 136 Å². The Hall–Kier alpha value is -2.40. The molecule has 2 aromatic carbocycles. The van der Waals surface area contributed by atoms with Crippen molar-refractivity contribution in [2.24, 2.45) is 5.10 Å². The maximum absolute atomic E-state index is 11.8. The first-order valence-corrected chi connectivity index (χ1v) is 7.64. The molecule has 1 heterocycles. The molecule has 0 saturated carbocycles. The van der Waals surface area contributed by atoms with Crippen molar-refractivity contribution < 1.29 is 4.79 Å². The Balaban J connectivity index is 1.62. The second-order valence-corrected chi connectivity index (χ2v) is 5.80. The third-order valence-corrected chi connectivity index (χ3v) is 3.82. The Kier molecular flexibility index (Phi) is 4.34. The molecular weight excluding hydrogens is 342 g/mol. The van der Waals surface area contributed by atoms with Crippen LogP contribution in [0.2, 0.25) is 0 Å². The van der Waals surface area contributed by atoms with Crippen LogP contribution >= 0.6 is 15.9 Å². The summed E-state index contributed by atoms with van der Waals surface area (Å²) < 4.78 is 0.994. The van der Waals surface area contributed by atoms with Gasteiger partial charge in [0.15, 0.2) is 0 Å². The van der Waals surface area contributed by atoms with Crippen LogP contribution in [0, 0.1) is 0 Å². The molecule has 1 aromatic heterocycles. The molecule has 3 aromatic rings. The van der Waals surface area contributed by atoms with Crippen molar-refractivity contribution in [2.75, 3.05) is 0 Å². The van der Waals surface area contributed by atoms with E-state index in [1.807, 2.05) is 54.7 Å². The van der Waals surface area contributed by atoms with Gasteiger partial charge in [0.2, 0.25) is 5.91 Å². The lowest BCUT2D eigenvalue weighted by Crippen LogP contribution is -2.19. The van der Waals surface area contributed by atoms with Crippen LogP contribution in [-0.4, -0.2) is 17.1 Å². The number of amides is 1. The third kappa shape index (κ3) is 3.43. The lowest BCUT2D eigenvalue weighted by molar-refractivity contribution is -0.120. The average Bonchev–Trinajstić information content (AvgIpc) is 2.93. The van der Waals surface area contributed by atoms with Crippen molar-refractivity contribution >= 4 is 39.0 Å². The Morgan fingerprint density at radius 2 is 1.95 bits per heavy atom. The number of benzene rings is 2. The van der Waals surface area contributed by atoms with Gasteiger partial charge in [-0.1, -0.05) is 46.3 Å². The molecular formula is C17H14BrN3O. The summed E-state index contributed by atoms with van der Waals surface area (Å²) in [4.78, 5) is 15.0. The number of fused-ring (bicyclic) bond motifs is 1. The SMILES string of the molecule is O=C(Cc1ccc(Br)cc1)N/N=C/c1c[nH]c2ccccc12. The number of hydrogen-bond acceptors (Lipinski definition) is 2. The summed E-state index contributed by atoms with van der Waals surface area (Å²) in [6, 6.07) is 15.6. The zero-order valence-corrected chi connectivity index (χ0v) is 13.3. The van der Waals surface area contributed by atoms with Crippen LogP contribution in [0.1, 0.15) is 11.1 Å². The molecule has 0 bridgehead atoms. The largest absolute Gasteiger partial charge is 0.361 e. The van der Waals surface area contributed by atoms with Gasteiger partial charge in [-0.25, -0.2) is 5.43 Å². The van der Waals surface area contributed by atoms with Gasteiger partial charge in [0.1, 0.15) is 0 Å².